The van der Waals surface area contributed by atoms with Crippen LogP contribution in [-0.4, -0.2) is 32.7 Å². The molecule has 98 valence electrons. The average molecular weight is 258 g/mol. The SMILES string of the molecule is O=C(C=Cc1ccc(O)cc1)NCCc1ncn[nH]1. The fourth-order valence-electron chi connectivity index (χ4n) is 1.47. The van der Waals surface area contributed by atoms with E-state index in [0.717, 1.165) is 11.4 Å². The van der Waals surface area contributed by atoms with Gasteiger partial charge in [-0.1, -0.05) is 12.1 Å². The van der Waals surface area contributed by atoms with Crippen LogP contribution in [0, 0.1) is 0 Å². The summed E-state index contributed by atoms with van der Waals surface area (Å²) in [6, 6.07) is 6.60. The molecule has 0 saturated heterocycles. The number of nitrogens with one attached hydrogen (secondary N) is 2. The van der Waals surface area contributed by atoms with Crippen molar-refractivity contribution >= 4 is 12.0 Å². The summed E-state index contributed by atoms with van der Waals surface area (Å²) in [5.74, 6) is 0.768. The zero-order chi connectivity index (χ0) is 13.5. The predicted molar refractivity (Wildman–Crippen MR) is 70.2 cm³/mol. The summed E-state index contributed by atoms with van der Waals surface area (Å²) < 4.78 is 0. The van der Waals surface area contributed by atoms with E-state index in [2.05, 4.69) is 20.5 Å². The number of phenols is 1. The first-order valence-corrected chi connectivity index (χ1v) is 5.83. The van der Waals surface area contributed by atoms with Crippen LogP contribution in [0.4, 0.5) is 0 Å². The molecule has 0 spiro atoms. The van der Waals surface area contributed by atoms with Crippen LogP contribution >= 0.6 is 0 Å². The fraction of sp³-hybridized carbons (Fsp3) is 0.154. The normalized spacial score (nSPS) is 10.7. The molecule has 0 bridgehead atoms. The van der Waals surface area contributed by atoms with E-state index in [9.17, 15) is 4.79 Å². The van der Waals surface area contributed by atoms with Crippen molar-refractivity contribution in [3.63, 3.8) is 0 Å². The molecule has 19 heavy (non-hydrogen) atoms. The number of aromatic hydroxyl groups is 1. The first-order chi connectivity index (χ1) is 9.24. The third-order valence-corrected chi connectivity index (χ3v) is 2.45. The van der Waals surface area contributed by atoms with E-state index in [0.29, 0.717) is 13.0 Å². The third kappa shape index (κ3) is 4.27. The lowest BCUT2D eigenvalue weighted by atomic mass is 10.2. The van der Waals surface area contributed by atoms with Crippen molar-refractivity contribution < 1.29 is 9.90 Å². The van der Waals surface area contributed by atoms with Crippen LogP contribution in [0.2, 0.25) is 0 Å². The predicted octanol–water partition coefficient (Wildman–Crippen LogP) is 0.882. The van der Waals surface area contributed by atoms with Crippen LogP contribution in [0.25, 0.3) is 6.08 Å². The van der Waals surface area contributed by atoms with Crippen LogP contribution in [0.5, 0.6) is 5.75 Å². The zero-order valence-corrected chi connectivity index (χ0v) is 10.2. The van der Waals surface area contributed by atoms with Crippen molar-refractivity contribution in [2.24, 2.45) is 0 Å². The number of aromatic nitrogens is 3. The lowest BCUT2D eigenvalue weighted by molar-refractivity contribution is -0.116. The minimum Gasteiger partial charge on any atom is -0.508 e. The molecule has 1 amide bonds. The van der Waals surface area contributed by atoms with Gasteiger partial charge in [0.1, 0.15) is 17.9 Å². The average Bonchev–Trinajstić information content (AvgIpc) is 2.91. The van der Waals surface area contributed by atoms with E-state index >= 15 is 0 Å². The number of H-pyrrole nitrogens is 1. The number of carbonyl (C=O) groups excluding carboxylic acids is 1. The van der Waals surface area contributed by atoms with Gasteiger partial charge in [-0.3, -0.25) is 9.89 Å². The number of benzene rings is 1. The highest BCUT2D eigenvalue weighted by Crippen LogP contribution is 2.10. The second-order valence-electron chi connectivity index (χ2n) is 3.90. The molecule has 1 aromatic carbocycles. The van der Waals surface area contributed by atoms with Crippen molar-refractivity contribution in [2.45, 2.75) is 6.42 Å². The van der Waals surface area contributed by atoms with Gasteiger partial charge in [-0.05, 0) is 23.8 Å². The Kier molecular flexibility index (Phi) is 4.28. The Bertz CT molecular complexity index is 547. The van der Waals surface area contributed by atoms with Crippen LogP contribution in [0.1, 0.15) is 11.4 Å². The molecule has 0 radical (unpaired) electrons. The molecular formula is C13H14N4O2. The molecule has 1 aromatic heterocycles. The molecule has 2 rings (SSSR count). The number of carbonyl (C=O) groups is 1. The highest BCUT2D eigenvalue weighted by atomic mass is 16.3. The molecule has 0 saturated carbocycles. The molecule has 0 aliphatic rings. The monoisotopic (exact) mass is 258 g/mol. The first kappa shape index (κ1) is 12.8. The maximum Gasteiger partial charge on any atom is 0.244 e. The summed E-state index contributed by atoms with van der Waals surface area (Å²) in [6.45, 7) is 0.494. The molecule has 0 unspecified atom stereocenters. The molecule has 3 N–H and O–H groups in total. The molecule has 1 heterocycles. The summed E-state index contributed by atoms with van der Waals surface area (Å²) >= 11 is 0. The van der Waals surface area contributed by atoms with Gasteiger partial charge in [0, 0.05) is 19.0 Å². The summed E-state index contributed by atoms with van der Waals surface area (Å²) in [5, 5.41) is 18.3. The summed E-state index contributed by atoms with van der Waals surface area (Å²) in [6.07, 6.45) is 5.18. The Morgan fingerprint density at radius 1 is 1.37 bits per heavy atom. The lowest BCUT2D eigenvalue weighted by Crippen LogP contribution is -2.23. The second-order valence-corrected chi connectivity index (χ2v) is 3.90. The Hall–Kier alpha value is -2.63. The van der Waals surface area contributed by atoms with Gasteiger partial charge in [-0.25, -0.2) is 4.98 Å². The van der Waals surface area contributed by atoms with E-state index in [1.54, 1.807) is 30.3 Å². The van der Waals surface area contributed by atoms with E-state index < -0.39 is 0 Å². The number of hydrogen-bond acceptors (Lipinski definition) is 4. The van der Waals surface area contributed by atoms with Gasteiger partial charge in [0.05, 0.1) is 0 Å². The molecule has 6 heteroatoms. The van der Waals surface area contributed by atoms with Crippen LogP contribution in [0.15, 0.2) is 36.7 Å². The largest absolute Gasteiger partial charge is 0.508 e. The minimum absolute atomic E-state index is 0.174. The van der Waals surface area contributed by atoms with Crippen molar-refractivity contribution in [2.75, 3.05) is 6.54 Å². The maximum atomic E-state index is 11.5. The number of phenolic OH excluding ortho intramolecular Hbond substituents is 1. The summed E-state index contributed by atoms with van der Waals surface area (Å²) in [4.78, 5) is 15.5. The van der Waals surface area contributed by atoms with E-state index in [4.69, 9.17) is 5.11 Å². The van der Waals surface area contributed by atoms with Crippen LogP contribution < -0.4 is 5.32 Å². The third-order valence-electron chi connectivity index (χ3n) is 2.45. The highest BCUT2D eigenvalue weighted by molar-refractivity contribution is 5.91. The zero-order valence-electron chi connectivity index (χ0n) is 10.2. The van der Waals surface area contributed by atoms with Crippen molar-refractivity contribution in [1.82, 2.24) is 20.5 Å². The fourth-order valence-corrected chi connectivity index (χ4v) is 1.47. The molecular weight excluding hydrogens is 244 g/mol. The first-order valence-electron chi connectivity index (χ1n) is 5.83. The molecule has 2 aromatic rings. The molecule has 0 fully saturated rings. The molecule has 0 aliphatic heterocycles. The standard InChI is InChI=1S/C13H14N4O2/c18-11-4-1-10(2-5-11)3-6-13(19)14-8-7-12-15-9-16-17-12/h1-6,9,18H,7-8H2,(H,14,19)(H,15,16,17). The number of nitrogens with zero attached hydrogens (tertiary/aromatic N) is 2. The Labute approximate surface area is 110 Å². The Morgan fingerprint density at radius 3 is 2.84 bits per heavy atom. The maximum absolute atomic E-state index is 11.5. The Balaban J connectivity index is 1.76. The van der Waals surface area contributed by atoms with E-state index in [-0.39, 0.29) is 11.7 Å². The van der Waals surface area contributed by atoms with Crippen molar-refractivity contribution in [3.05, 3.63) is 48.1 Å². The number of hydrogen-bond donors (Lipinski definition) is 3. The van der Waals surface area contributed by atoms with Crippen molar-refractivity contribution in [3.8, 4) is 5.75 Å². The van der Waals surface area contributed by atoms with Gasteiger partial charge in [0.15, 0.2) is 0 Å². The highest BCUT2D eigenvalue weighted by Gasteiger charge is 1.98. The van der Waals surface area contributed by atoms with Gasteiger partial charge in [-0.15, -0.1) is 0 Å². The van der Waals surface area contributed by atoms with Gasteiger partial charge in [0.2, 0.25) is 5.91 Å². The molecule has 6 nitrogen and oxygen atoms in total. The summed E-state index contributed by atoms with van der Waals surface area (Å²) in [7, 11) is 0. The van der Waals surface area contributed by atoms with E-state index in [1.807, 2.05) is 0 Å². The van der Waals surface area contributed by atoms with E-state index in [1.165, 1.54) is 12.4 Å². The molecule has 0 atom stereocenters. The number of rotatable bonds is 5. The Morgan fingerprint density at radius 2 is 2.16 bits per heavy atom. The summed E-state index contributed by atoms with van der Waals surface area (Å²) in [5.41, 5.74) is 0.850. The smallest absolute Gasteiger partial charge is 0.244 e. The number of amides is 1. The lowest BCUT2D eigenvalue weighted by Gasteiger charge is -1.99. The van der Waals surface area contributed by atoms with Gasteiger partial charge < -0.3 is 10.4 Å². The van der Waals surface area contributed by atoms with Crippen LogP contribution in [0.3, 0.4) is 0 Å². The minimum atomic E-state index is -0.174. The van der Waals surface area contributed by atoms with Crippen molar-refractivity contribution in [1.29, 1.82) is 0 Å². The quantitative estimate of drug-likeness (QED) is 0.694. The van der Waals surface area contributed by atoms with Gasteiger partial charge in [-0.2, -0.15) is 5.10 Å². The van der Waals surface area contributed by atoms with Crippen LogP contribution in [-0.2, 0) is 11.2 Å². The second kappa shape index (κ2) is 6.34. The topological polar surface area (TPSA) is 90.9 Å². The molecule has 0 aliphatic carbocycles. The number of aromatic amines is 1. The van der Waals surface area contributed by atoms with Gasteiger partial charge >= 0.3 is 0 Å². The van der Waals surface area contributed by atoms with Gasteiger partial charge in [0.25, 0.3) is 0 Å².